The third-order valence-corrected chi connectivity index (χ3v) is 5.06. The number of aliphatic imine (C=N–C) groups is 1. The summed E-state index contributed by atoms with van der Waals surface area (Å²) in [4.78, 5) is 16.1. The standard InChI is InChI=1S/C17H31N3O2/c18-16(19)20-17(12-21,11-14-7-3-1-4-8-14)13-22-15-9-5-2-6-10-15/h12,14-15H,1-11,13H2,(H4,18,19,20). The largest absolute Gasteiger partial charge is 0.375 e. The van der Waals surface area contributed by atoms with Gasteiger partial charge in [0.2, 0.25) is 0 Å². The topological polar surface area (TPSA) is 90.7 Å². The Kier molecular flexibility index (Phi) is 6.68. The van der Waals surface area contributed by atoms with E-state index in [0.717, 1.165) is 19.1 Å². The molecule has 1 atom stereocenters. The lowest BCUT2D eigenvalue weighted by atomic mass is 9.80. The average molecular weight is 309 g/mol. The Hall–Kier alpha value is -1.10. The molecule has 0 bridgehead atoms. The predicted molar refractivity (Wildman–Crippen MR) is 88.6 cm³/mol. The van der Waals surface area contributed by atoms with Gasteiger partial charge >= 0.3 is 0 Å². The van der Waals surface area contributed by atoms with Crippen LogP contribution in [0.3, 0.4) is 0 Å². The lowest BCUT2D eigenvalue weighted by molar-refractivity contribution is -0.116. The van der Waals surface area contributed by atoms with Crippen molar-refractivity contribution in [3.63, 3.8) is 0 Å². The maximum absolute atomic E-state index is 11.8. The van der Waals surface area contributed by atoms with E-state index < -0.39 is 5.54 Å². The van der Waals surface area contributed by atoms with Crippen molar-refractivity contribution in [2.45, 2.75) is 82.3 Å². The molecule has 0 aromatic rings. The molecule has 0 spiro atoms. The van der Waals surface area contributed by atoms with Crippen molar-refractivity contribution < 1.29 is 9.53 Å². The van der Waals surface area contributed by atoms with Crippen molar-refractivity contribution in [1.82, 2.24) is 0 Å². The van der Waals surface area contributed by atoms with E-state index in [1.165, 1.54) is 51.4 Å². The van der Waals surface area contributed by atoms with Crippen LogP contribution in [0.2, 0.25) is 0 Å². The monoisotopic (exact) mass is 309 g/mol. The van der Waals surface area contributed by atoms with Gasteiger partial charge in [-0.2, -0.15) is 0 Å². The molecule has 0 heterocycles. The van der Waals surface area contributed by atoms with Gasteiger partial charge < -0.3 is 21.0 Å². The molecule has 2 aliphatic rings. The van der Waals surface area contributed by atoms with Crippen molar-refractivity contribution in [2.24, 2.45) is 22.4 Å². The number of hydrogen-bond acceptors (Lipinski definition) is 3. The summed E-state index contributed by atoms with van der Waals surface area (Å²) in [5.74, 6) is 0.507. The van der Waals surface area contributed by atoms with Gasteiger partial charge in [-0.3, -0.25) is 0 Å². The van der Waals surface area contributed by atoms with Gasteiger partial charge in [-0.1, -0.05) is 51.4 Å². The summed E-state index contributed by atoms with van der Waals surface area (Å²) in [7, 11) is 0. The first kappa shape index (κ1) is 17.3. The molecule has 5 nitrogen and oxygen atoms in total. The van der Waals surface area contributed by atoms with E-state index in [1.54, 1.807) is 0 Å². The number of nitrogens with two attached hydrogens (primary N) is 2. The highest BCUT2D eigenvalue weighted by atomic mass is 16.5. The first-order valence-electron chi connectivity index (χ1n) is 8.82. The number of ether oxygens (including phenoxy) is 1. The number of carbonyl (C=O) groups is 1. The van der Waals surface area contributed by atoms with Gasteiger partial charge in [-0.25, -0.2) is 4.99 Å². The lowest BCUT2D eigenvalue weighted by Gasteiger charge is -2.32. The summed E-state index contributed by atoms with van der Waals surface area (Å²) >= 11 is 0. The van der Waals surface area contributed by atoms with Gasteiger partial charge in [-0.05, 0) is 25.2 Å². The molecule has 2 fully saturated rings. The third kappa shape index (κ3) is 5.27. The zero-order valence-corrected chi connectivity index (χ0v) is 13.6. The number of aldehydes is 1. The molecule has 0 saturated heterocycles. The molecule has 0 aliphatic heterocycles. The van der Waals surface area contributed by atoms with Crippen LogP contribution in [0.25, 0.3) is 0 Å². The van der Waals surface area contributed by atoms with Crippen LogP contribution in [0.5, 0.6) is 0 Å². The Bertz CT molecular complexity index is 370. The van der Waals surface area contributed by atoms with Crippen LogP contribution in [0.1, 0.15) is 70.6 Å². The number of nitrogens with zero attached hydrogens (tertiary/aromatic N) is 1. The Morgan fingerprint density at radius 3 is 2.18 bits per heavy atom. The van der Waals surface area contributed by atoms with Crippen molar-refractivity contribution in [3.8, 4) is 0 Å². The van der Waals surface area contributed by atoms with E-state index in [0.29, 0.717) is 18.9 Å². The minimum atomic E-state index is -0.891. The van der Waals surface area contributed by atoms with E-state index in [4.69, 9.17) is 16.2 Å². The first-order valence-corrected chi connectivity index (χ1v) is 8.82. The summed E-state index contributed by atoms with van der Waals surface area (Å²) in [5, 5.41) is 0. The second-order valence-electron chi connectivity index (χ2n) is 7.04. The number of guanidine groups is 1. The SMILES string of the molecule is NC(N)=NC(C=O)(COC1CCCCC1)CC1CCCCC1. The third-order valence-electron chi connectivity index (χ3n) is 5.06. The fraction of sp³-hybridized carbons (Fsp3) is 0.882. The van der Waals surface area contributed by atoms with Crippen molar-refractivity contribution >= 4 is 12.2 Å². The number of hydrogen-bond donors (Lipinski definition) is 2. The molecule has 5 heteroatoms. The Labute approximate surface area is 133 Å². The van der Waals surface area contributed by atoms with E-state index in [2.05, 4.69) is 4.99 Å². The molecular weight excluding hydrogens is 278 g/mol. The van der Waals surface area contributed by atoms with E-state index in [-0.39, 0.29) is 12.1 Å². The van der Waals surface area contributed by atoms with Gasteiger partial charge in [0.1, 0.15) is 11.8 Å². The number of carbonyl (C=O) groups excluding carboxylic acids is 1. The predicted octanol–water partition coefficient (Wildman–Crippen LogP) is 2.52. The normalized spacial score (nSPS) is 23.6. The second kappa shape index (κ2) is 8.51. The zero-order chi connectivity index (χ0) is 15.8. The van der Waals surface area contributed by atoms with Crippen LogP contribution >= 0.6 is 0 Å². The molecule has 126 valence electrons. The van der Waals surface area contributed by atoms with Gasteiger partial charge in [0.05, 0.1) is 12.7 Å². The van der Waals surface area contributed by atoms with Gasteiger partial charge in [0.25, 0.3) is 0 Å². The second-order valence-corrected chi connectivity index (χ2v) is 7.04. The first-order chi connectivity index (χ1) is 10.6. The molecule has 4 N–H and O–H groups in total. The van der Waals surface area contributed by atoms with Crippen LogP contribution in [-0.2, 0) is 9.53 Å². The Morgan fingerprint density at radius 2 is 1.64 bits per heavy atom. The van der Waals surface area contributed by atoms with Crippen LogP contribution in [0.4, 0.5) is 0 Å². The van der Waals surface area contributed by atoms with E-state index in [9.17, 15) is 4.79 Å². The maximum Gasteiger partial charge on any atom is 0.186 e. The summed E-state index contributed by atoms with van der Waals surface area (Å²) in [5.41, 5.74) is 10.3. The van der Waals surface area contributed by atoms with Crippen LogP contribution < -0.4 is 11.5 Å². The molecular formula is C17H31N3O2. The molecule has 2 saturated carbocycles. The lowest BCUT2D eigenvalue weighted by Crippen LogP contribution is -2.42. The van der Waals surface area contributed by atoms with E-state index in [1.807, 2.05) is 0 Å². The molecule has 0 amide bonds. The molecule has 0 aromatic heterocycles. The highest BCUT2D eigenvalue weighted by Crippen LogP contribution is 2.32. The van der Waals surface area contributed by atoms with Crippen LogP contribution in [0.15, 0.2) is 4.99 Å². The fourth-order valence-corrected chi connectivity index (χ4v) is 3.89. The average Bonchev–Trinajstić information content (AvgIpc) is 2.54. The zero-order valence-electron chi connectivity index (χ0n) is 13.6. The van der Waals surface area contributed by atoms with Gasteiger partial charge in [0.15, 0.2) is 5.96 Å². The van der Waals surface area contributed by atoms with Crippen molar-refractivity contribution in [2.75, 3.05) is 6.61 Å². The van der Waals surface area contributed by atoms with Gasteiger partial charge in [-0.15, -0.1) is 0 Å². The summed E-state index contributed by atoms with van der Waals surface area (Å²) in [6.45, 7) is 0.315. The molecule has 1 unspecified atom stereocenters. The smallest absolute Gasteiger partial charge is 0.186 e. The number of rotatable bonds is 7. The van der Waals surface area contributed by atoms with Gasteiger partial charge in [0, 0.05) is 0 Å². The Morgan fingerprint density at radius 1 is 1.05 bits per heavy atom. The van der Waals surface area contributed by atoms with Crippen molar-refractivity contribution in [3.05, 3.63) is 0 Å². The van der Waals surface area contributed by atoms with E-state index >= 15 is 0 Å². The minimum absolute atomic E-state index is 0.0184. The van der Waals surface area contributed by atoms with Crippen molar-refractivity contribution in [1.29, 1.82) is 0 Å². The maximum atomic E-state index is 11.8. The van der Waals surface area contributed by atoms with Crippen LogP contribution in [0, 0.1) is 5.92 Å². The highest BCUT2D eigenvalue weighted by Gasteiger charge is 2.35. The summed E-state index contributed by atoms with van der Waals surface area (Å²) in [6, 6.07) is 0. The summed E-state index contributed by atoms with van der Waals surface area (Å²) in [6.07, 6.45) is 13.9. The highest BCUT2D eigenvalue weighted by molar-refractivity contribution is 5.80. The molecule has 0 aromatic carbocycles. The summed E-state index contributed by atoms with van der Waals surface area (Å²) < 4.78 is 6.03. The molecule has 2 rings (SSSR count). The molecule has 2 aliphatic carbocycles. The Balaban J connectivity index is 1.99. The van der Waals surface area contributed by atoms with Crippen LogP contribution in [-0.4, -0.2) is 30.5 Å². The molecule has 22 heavy (non-hydrogen) atoms. The molecule has 0 radical (unpaired) electrons. The quantitative estimate of drug-likeness (QED) is 0.429. The fourth-order valence-electron chi connectivity index (χ4n) is 3.89. The minimum Gasteiger partial charge on any atom is -0.375 e.